The molecule has 0 saturated carbocycles. The summed E-state index contributed by atoms with van der Waals surface area (Å²) in [6, 6.07) is 10.1. The number of aromatic amines is 1. The minimum absolute atomic E-state index is 0.0721. The summed E-state index contributed by atoms with van der Waals surface area (Å²) in [5.41, 5.74) is 13.0. The van der Waals surface area contributed by atoms with Crippen LogP contribution in [-0.4, -0.2) is 74.9 Å². The fourth-order valence-corrected chi connectivity index (χ4v) is 4.42. The van der Waals surface area contributed by atoms with Crippen molar-refractivity contribution < 1.29 is 39.0 Å². The van der Waals surface area contributed by atoms with Gasteiger partial charge < -0.3 is 42.6 Å². The number of para-hydroxylation sites is 1. The van der Waals surface area contributed by atoms with Crippen molar-refractivity contribution in [2.75, 3.05) is 0 Å². The standard InChI is InChI=1S/C29H34N6O8/c30-19(10-11-24(31)36)26(39)33-21(13-17-15-32-20-9-5-4-8-18(17)20)27(40)34-22(14-25(37)38)28(41)35-23(29(42)43)12-16-6-2-1-3-7-16/h1-9,15,19,21-23,32H,10-14,30H2,(H2,31,36)(H,33,39)(H,34,40)(H,35,41)(H,37,38)(H,42,43). The lowest BCUT2D eigenvalue weighted by Gasteiger charge is -2.24. The molecule has 0 aliphatic rings. The molecular formula is C29H34N6O8. The van der Waals surface area contributed by atoms with Gasteiger partial charge >= 0.3 is 11.9 Å². The number of benzene rings is 2. The van der Waals surface area contributed by atoms with Gasteiger partial charge in [-0.1, -0.05) is 48.5 Å². The molecule has 4 amide bonds. The van der Waals surface area contributed by atoms with E-state index >= 15 is 0 Å². The van der Waals surface area contributed by atoms with Crippen molar-refractivity contribution in [2.45, 2.75) is 56.3 Å². The lowest BCUT2D eigenvalue weighted by molar-refractivity contribution is -0.143. The molecule has 0 radical (unpaired) electrons. The molecule has 1 aromatic heterocycles. The Labute approximate surface area is 246 Å². The number of rotatable bonds is 16. The third kappa shape index (κ3) is 9.67. The van der Waals surface area contributed by atoms with E-state index in [1.165, 1.54) is 0 Å². The van der Waals surface area contributed by atoms with Gasteiger partial charge in [0.2, 0.25) is 23.6 Å². The van der Waals surface area contributed by atoms with Crippen LogP contribution in [0.3, 0.4) is 0 Å². The van der Waals surface area contributed by atoms with Gasteiger partial charge in [0.05, 0.1) is 12.5 Å². The second-order valence-corrected chi connectivity index (χ2v) is 9.98. The van der Waals surface area contributed by atoms with Crippen LogP contribution in [0.1, 0.15) is 30.4 Å². The maximum atomic E-state index is 13.5. The monoisotopic (exact) mass is 594 g/mol. The summed E-state index contributed by atoms with van der Waals surface area (Å²) in [5, 5.41) is 27.0. The minimum Gasteiger partial charge on any atom is -0.481 e. The van der Waals surface area contributed by atoms with Gasteiger partial charge in [0.1, 0.15) is 18.1 Å². The van der Waals surface area contributed by atoms with E-state index in [0.717, 1.165) is 10.9 Å². The molecule has 0 aliphatic heterocycles. The Kier molecular flexibility index (Phi) is 11.3. The smallest absolute Gasteiger partial charge is 0.326 e. The molecule has 0 bridgehead atoms. The maximum Gasteiger partial charge on any atom is 0.326 e. The highest BCUT2D eigenvalue weighted by atomic mass is 16.4. The second kappa shape index (κ2) is 15.1. The third-order valence-corrected chi connectivity index (χ3v) is 6.68. The van der Waals surface area contributed by atoms with Gasteiger partial charge in [0.15, 0.2) is 0 Å². The molecule has 0 spiro atoms. The van der Waals surface area contributed by atoms with Crippen molar-refractivity contribution in [3.63, 3.8) is 0 Å². The number of amides is 4. The average Bonchev–Trinajstić information content (AvgIpc) is 3.37. The molecule has 3 aromatic rings. The first-order chi connectivity index (χ1) is 20.4. The molecule has 4 unspecified atom stereocenters. The van der Waals surface area contributed by atoms with Crippen molar-refractivity contribution in [3.8, 4) is 0 Å². The topological polar surface area (TPSA) is 247 Å². The summed E-state index contributed by atoms with van der Waals surface area (Å²) in [5.74, 6) is -6.15. The van der Waals surface area contributed by atoms with E-state index in [4.69, 9.17) is 11.5 Å². The molecule has 14 heteroatoms. The molecule has 0 fully saturated rings. The molecule has 43 heavy (non-hydrogen) atoms. The van der Waals surface area contributed by atoms with Gasteiger partial charge in [-0.05, 0) is 23.6 Å². The van der Waals surface area contributed by atoms with Gasteiger partial charge in [0.25, 0.3) is 0 Å². The van der Waals surface area contributed by atoms with Crippen molar-refractivity contribution >= 4 is 46.5 Å². The van der Waals surface area contributed by atoms with Crippen LogP contribution < -0.4 is 27.4 Å². The molecule has 228 valence electrons. The number of carboxylic acid groups (broad SMARTS) is 2. The van der Waals surface area contributed by atoms with E-state index in [2.05, 4.69) is 20.9 Å². The van der Waals surface area contributed by atoms with Crippen LogP contribution in [0.2, 0.25) is 0 Å². The largest absolute Gasteiger partial charge is 0.481 e. The highest BCUT2D eigenvalue weighted by Gasteiger charge is 2.32. The highest BCUT2D eigenvalue weighted by Crippen LogP contribution is 2.19. The first-order valence-corrected chi connectivity index (χ1v) is 13.4. The van der Waals surface area contributed by atoms with Crippen LogP contribution in [0.15, 0.2) is 60.8 Å². The fourth-order valence-electron chi connectivity index (χ4n) is 4.42. The number of hydrogen-bond acceptors (Lipinski definition) is 7. The van der Waals surface area contributed by atoms with E-state index in [1.54, 1.807) is 48.7 Å². The lowest BCUT2D eigenvalue weighted by atomic mass is 10.0. The Hall–Kier alpha value is -5.24. The molecule has 3 rings (SSSR count). The summed E-state index contributed by atoms with van der Waals surface area (Å²) in [6.07, 6.45) is 0.385. The van der Waals surface area contributed by atoms with Crippen molar-refractivity contribution in [3.05, 3.63) is 71.9 Å². The quantitative estimate of drug-likeness (QED) is 0.107. The average molecular weight is 595 g/mol. The summed E-state index contributed by atoms with van der Waals surface area (Å²) in [6.45, 7) is 0. The van der Waals surface area contributed by atoms with E-state index in [0.29, 0.717) is 11.1 Å². The molecule has 10 N–H and O–H groups in total. The zero-order chi connectivity index (χ0) is 31.5. The number of carboxylic acids is 2. The molecule has 2 aromatic carbocycles. The van der Waals surface area contributed by atoms with E-state index in [9.17, 15) is 39.0 Å². The third-order valence-electron chi connectivity index (χ3n) is 6.68. The van der Waals surface area contributed by atoms with Gasteiger partial charge in [-0.15, -0.1) is 0 Å². The Morgan fingerprint density at radius 3 is 2.02 bits per heavy atom. The number of fused-ring (bicyclic) bond motifs is 1. The van der Waals surface area contributed by atoms with Crippen molar-refractivity contribution in [1.29, 1.82) is 0 Å². The minimum atomic E-state index is -1.67. The van der Waals surface area contributed by atoms with E-state index < -0.39 is 66.2 Å². The van der Waals surface area contributed by atoms with E-state index in [-0.39, 0.29) is 25.7 Å². The molecule has 14 nitrogen and oxygen atoms in total. The summed E-state index contributed by atoms with van der Waals surface area (Å²) in [7, 11) is 0. The first kappa shape index (κ1) is 32.3. The predicted octanol–water partition coefficient (Wildman–Crippen LogP) is -0.440. The predicted molar refractivity (Wildman–Crippen MR) is 154 cm³/mol. The molecule has 0 saturated heterocycles. The number of primary amides is 1. The molecular weight excluding hydrogens is 560 g/mol. The number of nitrogens with one attached hydrogen (secondary N) is 4. The van der Waals surface area contributed by atoms with Gasteiger partial charge in [-0.25, -0.2) is 4.79 Å². The zero-order valence-corrected chi connectivity index (χ0v) is 23.1. The number of aromatic nitrogens is 1. The van der Waals surface area contributed by atoms with Crippen molar-refractivity contribution in [2.24, 2.45) is 11.5 Å². The Morgan fingerprint density at radius 2 is 1.37 bits per heavy atom. The normalized spacial score (nSPS) is 13.7. The molecule has 4 atom stereocenters. The maximum absolute atomic E-state index is 13.5. The first-order valence-electron chi connectivity index (χ1n) is 13.4. The van der Waals surface area contributed by atoms with Crippen molar-refractivity contribution in [1.82, 2.24) is 20.9 Å². The number of nitrogens with two attached hydrogens (primary N) is 2. The number of hydrogen-bond donors (Lipinski definition) is 8. The zero-order valence-electron chi connectivity index (χ0n) is 23.1. The van der Waals surface area contributed by atoms with Crippen LogP contribution in [0.25, 0.3) is 10.9 Å². The van der Waals surface area contributed by atoms with Gasteiger partial charge in [0, 0.05) is 36.4 Å². The number of H-pyrrole nitrogens is 1. The van der Waals surface area contributed by atoms with Crippen LogP contribution >= 0.6 is 0 Å². The molecule has 0 aliphatic carbocycles. The van der Waals surface area contributed by atoms with Crippen LogP contribution in [0.5, 0.6) is 0 Å². The highest BCUT2D eigenvalue weighted by molar-refractivity contribution is 5.96. The number of carbonyl (C=O) groups excluding carboxylic acids is 4. The summed E-state index contributed by atoms with van der Waals surface area (Å²) >= 11 is 0. The Bertz CT molecular complexity index is 1470. The second-order valence-electron chi connectivity index (χ2n) is 9.98. The number of carbonyl (C=O) groups is 6. The Morgan fingerprint density at radius 1 is 0.767 bits per heavy atom. The summed E-state index contributed by atoms with van der Waals surface area (Å²) < 4.78 is 0. The van der Waals surface area contributed by atoms with E-state index in [1.807, 2.05) is 12.1 Å². The van der Waals surface area contributed by atoms with Crippen LogP contribution in [-0.2, 0) is 41.6 Å². The fraction of sp³-hybridized carbons (Fsp3) is 0.310. The van der Waals surface area contributed by atoms with Gasteiger partial charge in [-0.2, -0.15) is 0 Å². The Balaban J connectivity index is 1.82. The SMILES string of the molecule is NC(=O)CCC(N)C(=O)NC(Cc1c[nH]c2ccccc12)C(=O)NC(CC(=O)O)C(=O)NC(Cc1ccccc1)C(=O)O. The summed E-state index contributed by atoms with van der Waals surface area (Å²) in [4.78, 5) is 77.1. The lowest BCUT2D eigenvalue weighted by Crippen LogP contribution is -2.58. The molecule has 1 heterocycles. The van der Waals surface area contributed by atoms with Crippen LogP contribution in [0, 0.1) is 0 Å². The van der Waals surface area contributed by atoms with Gasteiger partial charge in [-0.3, -0.25) is 24.0 Å². The van der Waals surface area contributed by atoms with Crippen LogP contribution in [0.4, 0.5) is 0 Å². The number of aliphatic carboxylic acids is 2.